The summed E-state index contributed by atoms with van der Waals surface area (Å²) in [7, 11) is 1.60. The number of nitrogens with two attached hydrogens (primary N) is 1. The van der Waals surface area contributed by atoms with Crippen LogP contribution in [0.2, 0.25) is 0 Å². The predicted octanol–water partition coefficient (Wildman–Crippen LogP) is 6.43. The van der Waals surface area contributed by atoms with E-state index in [1.165, 1.54) is 0 Å². The second-order valence-corrected chi connectivity index (χ2v) is 9.31. The van der Waals surface area contributed by atoms with Gasteiger partial charge in [0.05, 0.1) is 24.0 Å². The van der Waals surface area contributed by atoms with E-state index in [0.29, 0.717) is 33.8 Å². The Bertz CT molecular complexity index is 1660. The first-order valence-electron chi connectivity index (χ1n) is 11.2. The summed E-state index contributed by atoms with van der Waals surface area (Å²) in [6.45, 7) is 2.00. The summed E-state index contributed by atoms with van der Waals surface area (Å²) in [5.41, 5.74) is 12.3. The Kier molecular flexibility index (Phi) is 6.05. The molecule has 0 aliphatic rings. The van der Waals surface area contributed by atoms with Crippen LogP contribution in [-0.2, 0) is 0 Å². The van der Waals surface area contributed by atoms with Crippen molar-refractivity contribution in [2.75, 3.05) is 12.8 Å². The lowest BCUT2D eigenvalue weighted by molar-refractivity contribution is 0.103. The lowest BCUT2D eigenvalue weighted by atomic mass is 9.98. The fourth-order valence-corrected chi connectivity index (χ4v) is 4.52. The number of hydrogen-bond donors (Lipinski definition) is 1. The number of anilines is 1. The minimum Gasteiger partial charge on any atom is -0.497 e. The minimum atomic E-state index is -0.107. The number of ether oxygens (including phenoxy) is 1. The van der Waals surface area contributed by atoms with Crippen LogP contribution in [0.15, 0.2) is 83.5 Å². The molecule has 3 heterocycles. The van der Waals surface area contributed by atoms with E-state index < -0.39 is 0 Å². The summed E-state index contributed by atoms with van der Waals surface area (Å²) < 4.78 is 8.04. The van der Waals surface area contributed by atoms with Gasteiger partial charge in [-0.25, -0.2) is 4.98 Å². The van der Waals surface area contributed by atoms with Crippen LogP contribution in [0.1, 0.15) is 27.2 Å². The Morgan fingerprint density at radius 1 is 1.03 bits per heavy atom. The van der Waals surface area contributed by atoms with Crippen molar-refractivity contribution in [1.29, 1.82) is 5.26 Å². The zero-order chi connectivity index (χ0) is 25.4. The zero-order valence-electron chi connectivity index (χ0n) is 19.6. The molecule has 0 aliphatic carbocycles. The number of benzene rings is 2. The van der Waals surface area contributed by atoms with Gasteiger partial charge in [0.2, 0.25) is 5.78 Å². The van der Waals surface area contributed by atoms with Crippen LogP contribution >= 0.6 is 15.9 Å². The fraction of sp³-hybridized carbons (Fsp3) is 0.0690. The van der Waals surface area contributed by atoms with Crippen molar-refractivity contribution in [3.05, 3.63) is 106 Å². The smallest absolute Gasteiger partial charge is 0.209 e. The summed E-state index contributed by atoms with van der Waals surface area (Å²) >= 11 is 3.42. The van der Waals surface area contributed by atoms with E-state index in [4.69, 9.17) is 10.5 Å². The van der Waals surface area contributed by atoms with E-state index in [9.17, 15) is 10.1 Å². The van der Waals surface area contributed by atoms with Gasteiger partial charge in [0.1, 0.15) is 23.2 Å². The normalized spacial score (nSPS) is 10.8. The van der Waals surface area contributed by atoms with Gasteiger partial charge in [-0.3, -0.25) is 4.79 Å². The minimum absolute atomic E-state index is 0.107. The van der Waals surface area contributed by atoms with Crippen LogP contribution < -0.4 is 10.5 Å². The van der Waals surface area contributed by atoms with Crippen LogP contribution in [0.5, 0.6) is 5.75 Å². The van der Waals surface area contributed by atoms with Gasteiger partial charge < -0.3 is 14.9 Å². The number of methoxy groups -OCH3 is 1. The molecule has 0 radical (unpaired) electrons. The van der Waals surface area contributed by atoms with E-state index in [2.05, 4.69) is 27.0 Å². The van der Waals surface area contributed by atoms with Crippen molar-refractivity contribution in [3.63, 3.8) is 0 Å². The number of hydrogen-bond acceptors (Lipinski definition) is 5. The van der Waals surface area contributed by atoms with Gasteiger partial charge in [0, 0.05) is 27.4 Å². The molecule has 0 aliphatic heterocycles. The largest absolute Gasteiger partial charge is 0.497 e. The number of nitrogens with zero attached hydrogens (tertiary/aromatic N) is 3. The number of carbonyl (C=O) groups excluding carboxylic acids is 1. The summed E-state index contributed by atoms with van der Waals surface area (Å²) in [5, 5.41) is 9.81. The summed E-state index contributed by atoms with van der Waals surface area (Å²) in [4.78, 5) is 18.1. The fourth-order valence-electron chi connectivity index (χ4n) is 4.25. The number of nitriles is 1. The molecule has 0 fully saturated rings. The standard InChI is InChI=1S/C29H21BrN4O2/c1-17-11-12-34-26(13-17)23(15-27(34)28(35)19-3-7-20(30)8-4-19)25-14-22(24(16-31)29(32)33-25)18-5-9-21(36-2)10-6-18/h3-15H,1-2H3,(H2,32,33). The molecular formula is C29H21BrN4O2. The first-order valence-corrected chi connectivity index (χ1v) is 12.0. The number of aryl methyl sites for hydroxylation is 1. The van der Waals surface area contributed by atoms with Crippen LogP contribution in [-0.4, -0.2) is 22.3 Å². The first-order chi connectivity index (χ1) is 17.4. The molecule has 5 rings (SSSR count). The summed E-state index contributed by atoms with van der Waals surface area (Å²) in [6.07, 6.45) is 1.89. The molecule has 2 aromatic carbocycles. The van der Waals surface area contributed by atoms with E-state index in [0.717, 1.165) is 26.7 Å². The summed E-state index contributed by atoms with van der Waals surface area (Å²) in [5.74, 6) is 0.739. The number of rotatable bonds is 5. The molecule has 2 N–H and O–H groups in total. The average Bonchev–Trinajstić information content (AvgIpc) is 3.27. The maximum atomic E-state index is 13.5. The number of aromatic nitrogens is 2. The zero-order valence-corrected chi connectivity index (χ0v) is 21.2. The predicted molar refractivity (Wildman–Crippen MR) is 144 cm³/mol. The van der Waals surface area contributed by atoms with Gasteiger partial charge in [0.15, 0.2) is 0 Å². The van der Waals surface area contributed by atoms with Gasteiger partial charge in [0.25, 0.3) is 0 Å². The monoisotopic (exact) mass is 536 g/mol. The third kappa shape index (κ3) is 4.12. The van der Waals surface area contributed by atoms with E-state index in [1.54, 1.807) is 19.2 Å². The number of pyridine rings is 2. The molecule has 6 nitrogen and oxygen atoms in total. The van der Waals surface area contributed by atoms with Crippen LogP contribution in [0.25, 0.3) is 27.9 Å². The third-order valence-corrected chi connectivity index (χ3v) is 6.63. The van der Waals surface area contributed by atoms with Crippen LogP contribution in [0.4, 0.5) is 5.82 Å². The number of ketones is 1. The second kappa shape index (κ2) is 9.33. The topological polar surface area (TPSA) is 93.4 Å². The van der Waals surface area contributed by atoms with Crippen molar-refractivity contribution >= 4 is 33.0 Å². The molecule has 0 atom stereocenters. The average molecular weight is 537 g/mol. The van der Waals surface area contributed by atoms with E-state index in [1.807, 2.05) is 78.2 Å². The van der Waals surface area contributed by atoms with Crippen LogP contribution in [0, 0.1) is 18.3 Å². The molecule has 0 bridgehead atoms. The molecule has 0 spiro atoms. The van der Waals surface area contributed by atoms with E-state index in [-0.39, 0.29) is 11.6 Å². The van der Waals surface area contributed by atoms with Gasteiger partial charge in [-0.2, -0.15) is 5.26 Å². The van der Waals surface area contributed by atoms with Gasteiger partial charge in [-0.1, -0.05) is 28.1 Å². The maximum Gasteiger partial charge on any atom is 0.209 e. The Hall–Kier alpha value is -4.41. The summed E-state index contributed by atoms with van der Waals surface area (Å²) in [6, 6.07) is 24.5. The highest BCUT2D eigenvalue weighted by Crippen LogP contribution is 2.35. The maximum absolute atomic E-state index is 13.5. The van der Waals surface area contributed by atoms with Crippen molar-refractivity contribution in [1.82, 2.24) is 9.38 Å². The SMILES string of the molecule is COc1ccc(-c2cc(-c3cc(C(=O)c4ccc(Br)cc4)n4ccc(C)cc34)nc(N)c2C#N)cc1. The molecule has 0 amide bonds. The molecule has 176 valence electrons. The molecule has 0 unspecified atom stereocenters. The van der Waals surface area contributed by atoms with E-state index >= 15 is 0 Å². The molecule has 0 saturated heterocycles. The lowest BCUT2D eigenvalue weighted by Gasteiger charge is -2.11. The Balaban J connectivity index is 1.72. The molecule has 0 saturated carbocycles. The molecular weight excluding hydrogens is 516 g/mol. The Morgan fingerprint density at radius 3 is 2.42 bits per heavy atom. The highest BCUT2D eigenvalue weighted by atomic mass is 79.9. The lowest BCUT2D eigenvalue weighted by Crippen LogP contribution is -2.04. The number of fused-ring (bicyclic) bond motifs is 1. The van der Waals surface area contributed by atoms with Crippen LogP contribution in [0.3, 0.4) is 0 Å². The number of halogens is 1. The van der Waals surface area contributed by atoms with Crippen molar-refractivity contribution < 1.29 is 9.53 Å². The first kappa shape index (κ1) is 23.3. The number of nitrogen functional groups attached to an aromatic ring is 1. The number of carbonyl (C=O) groups is 1. The Morgan fingerprint density at radius 2 is 1.75 bits per heavy atom. The van der Waals surface area contributed by atoms with Gasteiger partial charge in [-0.05, 0) is 78.7 Å². The molecule has 5 aromatic rings. The second-order valence-electron chi connectivity index (χ2n) is 8.39. The molecule has 36 heavy (non-hydrogen) atoms. The Labute approximate surface area is 216 Å². The highest BCUT2D eigenvalue weighted by molar-refractivity contribution is 9.10. The van der Waals surface area contributed by atoms with Gasteiger partial charge >= 0.3 is 0 Å². The van der Waals surface area contributed by atoms with Gasteiger partial charge in [-0.15, -0.1) is 0 Å². The molecule has 7 heteroatoms. The van der Waals surface area contributed by atoms with Crippen molar-refractivity contribution in [2.24, 2.45) is 0 Å². The highest BCUT2D eigenvalue weighted by Gasteiger charge is 2.21. The quantitative estimate of drug-likeness (QED) is 0.261. The molecule has 3 aromatic heterocycles. The third-order valence-electron chi connectivity index (χ3n) is 6.10. The van der Waals surface area contributed by atoms with Crippen molar-refractivity contribution in [2.45, 2.75) is 6.92 Å². The van der Waals surface area contributed by atoms with Crippen molar-refractivity contribution in [3.8, 4) is 34.2 Å².